The monoisotopic (exact) mass is 373 g/mol. The molecule has 0 atom stereocenters. The predicted octanol–water partition coefficient (Wildman–Crippen LogP) is 1.55. The van der Waals surface area contributed by atoms with Crippen molar-refractivity contribution in [1.29, 1.82) is 0 Å². The Labute approximate surface area is 155 Å². The van der Waals surface area contributed by atoms with Crippen molar-refractivity contribution in [2.45, 2.75) is 37.7 Å². The van der Waals surface area contributed by atoms with E-state index in [-0.39, 0.29) is 31.8 Å². The molecular weight excluding hydrogens is 353 g/mol. The summed E-state index contributed by atoms with van der Waals surface area (Å²) in [4.78, 5) is 25.7. The summed E-state index contributed by atoms with van der Waals surface area (Å²) in [5.74, 6) is -1.96. The number of fused-ring (bicyclic) bond motifs is 1. The summed E-state index contributed by atoms with van der Waals surface area (Å²) in [6.07, 6.45) is 2.26. The number of para-hydroxylation sites is 1. The van der Waals surface area contributed by atoms with Crippen molar-refractivity contribution in [1.82, 2.24) is 14.7 Å². The fraction of sp³-hybridized carbons (Fsp3) is 0.421. The van der Waals surface area contributed by atoms with Gasteiger partial charge in [0.2, 0.25) is 0 Å². The van der Waals surface area contributed by atoms with Crippen LogP contribution in [-0.2, 0) is 17.6 Å². The van der Waals surface area contributed by atoms with E-state index >= 15 is 0 Å². The second-order valence-electron chi connectivity index (χ2n) is 7.12. The van der Waals surface area contributed by atoms with E-state index < -0.39 is 17.4 Å². The smallest absolute Gasteiger partial charge is 0.335 e. The number of carboxylic acid groups (broad SMARTS) is 1. The quantitative estimate of drug-likeness (QED) is 0.851. The molecular formula is C19H20FN3O4. The molecule has 1 aliphatic heterocycles. The van der Waals surface area contributed by atoms with Crippen LogP contribution in [0.5, 0.6) is 0 Å². The van der Waals surface area contributed by atoms with Crippen LogP contribution in [0.2, 0.25) is 0 Å². The van der Waals surface area contributed by atoms with Crippen molar-refractivity contribution in [3.05, 3.63) is 47.0 Å². The minimum absolute atomic E-state index is 0.0235. The standard InChI is InChI=1S/C19H20FN3O4/c20-13-5-1-2-6-15(13)23-14-7-3-4-12(14)16(21-23)17(24)22-10-8-19(27,9-11-22)18(25)26/h1-2,5-6,27H,3-4,7-11H2,(H,25,26). The molecule has 2 N–H and O–H groups in total. The summed E-state index contributed by atoms with van der Waals surface area (Å²) in [6.45, 7) is 0.284. The van der Waals surface area contributed by atoms with Crippen LogP contribution in [-0.4, -0.2) is 55.5 Å². The molecule has 142 valence electrons. The Bertz CT molecular complexity index is 916. The van der Waals surface area contributed by atoms with Gasteiger partial charge in [-0.25, -0.2) is 13.9 Å². The lowest BCUT2D eigenvalue weighted by Gasteiger charge is -2.35. The minimum Gasteiger partial charge on any atom is -0.479 e. The average molecular weight is 373 g/mol. The second-order valence-corrected chi connectivity index (χ2v) is 7.12. The number of rotatable bonds is 3. The Morgan fingerprint density at radius 1 is 1.15 bits per heavy atom. The number of hydrogen-bond acceptors (Lipinski definition) is 4. The molecule has 2 heterocycles. The van der Waals surface area contributed by atoms with E-state index in [0.29, 0.717) is 17.8 Å². The minimum atomic E-state index is -1.79. The third-order valence-electron chi connectivity index (χ3n) is 5.49. The van der Waals surface area contributed by atoms with Gasteiger partial charge in [-0.2, -0.15) is 5.10 Å². The number of hydrogen-bond donors (Lipinski definition) is 2. The molecule has 7 nitrogen and oxygen atoms in total. The largest absolute Gasteiger partial charge is 0.479 e. The molecule has 27 heavy (non-hydrogen) atoms. The molecule has 0 unspecified atom stereocenters. The Hall–Kier alpha value is -2.74. The number of aromatic nitrogens is 2. The molecule has 0 saturated carbocycles. The molecule has 1 aliphatic carbocycles. The molecule has 0 bridgehead atoms. The topological polar surface area (TPSA) is 95.7 Å². The van der Waals surface area contributed by atoms with Crippen LogP contribution in [0.3, 0.4) is 0 Å². The van der Waals surface area contributed by atoms with Gasteiger partial charge in [0, 0.05) is 37.2 Å². The first-order valence-corrected chi connectivity index (χ1v) is 9.01. The zero-order valence-corrected chi connectivity index (χ0v) is 14.7. The highest BCUT2D eigenvalue weighted by atomic mass is 19.1. The van der Waals surface area contributed by atoms with E-state index in [0.717, 1.165) is 24.1 Å². The Morgan fingerprint density at radius 2 is 1.85 bits per heavy atom. The normalized spacial score (nSPS) is 18.4. The molecule has 4 rings (SSSR count). The third-order valence-corrected chi connectivity index (χ3v) is 5.49. The van der Waals surface area contributed by atoms with E-state index in [9.17, 15) is 19.1 Å². The van der Waals surface area contributed by atoms with Gasteiger partial charge in [0.05, 0.1) is 0 Å². The molecule has 1 amide bonds. The number of piperidine rings is 1. The molecule has 1 aromatic heterocycles. The van der Waals surface area contributed by atoms with E-state index in [4.69, 9.17) is 5.11 Å². The number of carbonyl (C=O) groups excluding carboxylic acids is 1. The number of amides is 1. The first-order chi connectivity index (χ1) is 12.9. The molecule has 2 aromatic rings. The Morgan fingerprint density at radius 3 is 2.52 bits per heavy atom. The maximum atomic E-state index is 14.2. The number of halogens is 1. The van der Waals surface area contributed by atoms with Gasteiger partial charge < -0.3 is 15.1 Å². The molecule has 1 saturated heterocycles. The van der Waals surface area contributed by atoms with E-state index in [1.807, 2.05) is 0 Å². The van der Waals surface area contributed by atoms with Crippen LogP contribution in [0.15, 0.2) is 24.3 Å². The Kier molecular flexibility index (Phi) is 4.22. The summed E-state index contributed by atoms with van der Waals surface area (Å²) in [6, 6.07) is 6.31. The van der Waals surface area contributed by atoms with Crippen molar-refractivity contribution in [3.63, 3.8) is 0 Å². The lowest BCUT2D eigenvalue weighted by atomic mass is 9.91. The van der Waals surface area contributed by atoms with Crippen LogP contribution in [0.25, 0.3) is 5.69 Å². The highest BCUT2D eigenvalue weighted by molar-refractivity contribution is 5.94. The SMILES string of the molecule is O=C(c1nn(-c2ccccc2F)c2c1CCC2)N1CCC(O)(C(=O)O)CC1. The lowest BCUT2D eigenvalue weighted by Crippen LogP contribution is -2.51. The number of benzene rings is 1. The van der Waals surface area contributed by atoms with Crippen molar-refractivity contribution in [2.75, 3.05) is 13.1 Å². The van der Waals surface area contributed by atoms with Crippen LogP contribution in [0.1, 0.15) is 41.0 Å². The highest BCUT2D eigenvalue weighted by Crippen LogP contribution is 2.30. The fourth-order valence-corrected chi connectivity index (χ4v) is 3.88. The second kappa shape index (κ2) is 6.45. The van der Waals surface area contributed by atoms with Crippen molar-refractivity contribution in [3.8, 4) is 5.69 Å². The van der Waals surface area contributed by atoms with Gasteiger partial charge in [-0.05, 0) is 31.4 Å². The van der Waals surface area contributed by atoms with Gasteiger partial charge >= 0.3 is 5.97 Å². The summed E-state index contributed by atoms with van der Waals surface area (Å²) < 4.78 is 15.7. The van der Waals surface area contributed by atoms with Gasteiger partial charge in [-0.3, -0.25) is 4.79 Å². The third kappa shape index (κ3) is 2.90. The van der Waals surface area contributed by atoms with Crippen LogP contribution in [0.4, 0.5) is 4.39 Å². The highest BCUT2D eigenvalue weighted by Gasteiger charge is 2.41. The van der Waals surface area contributed by atoms with Gasteiger partial charge in [0.25, 0.3) is 5.91 Å². The fourth-order valence-electron chi connectivity index (χ4n) is 3.88. The molecule has 1 aromatic carbocycles. The van der Waals surface area contributed by atoms with E-state index in [1.165, 1.54) is 15.6 Å². The van der Waals surface area contributed by atoms with E-state index in [1.54, 1.807) is 18.2 Å². The van der Waals surface area contributed by atoms with Gasteiger partial charge in [0.15, 0.2) is 11.3 Å². The number of likely N-dealkylation sites (tertiary alicyclic amines) is 1. The number of carbonyl (C=O) groups is 2. The van der Waals surface area contributed by atoms with Crippen molar-refractivity contribution >= 4 is 11.9 Å². The first-order valence-electron chi connectivity index (χ1n) is 9.01. The summed E-state index contributed by atoms with van der Waals surface area (Å²) >= 11 is 0. The summed E-state index contributed by atoms with van der Waals surface area (Å²) in [5.41, 5.74) is 0.510. The predicted molar refractivity (Wildman–Crippen MR) is 93.3 cm³/mol. The van der Waals surface area contributed by atoms with Crippen molar-refractivity contribution in [2.24, 2.45) is 0 Å². The van der Waals surface area contributed by atoms with Crippen LogP contribution >= 0.6 is 0 Å². The molecule has 0 radical (unpaired) electrons. The summed E-state index contributed by atoms with van der Waals surface area (Å²) in [5, 5.41) is 23.6. The van der Waals surface area contributed by atoms with Gasteiger partial charge in [-0.1, -0.05) is 12.1 Å². The summed E-state index contributed by atoms with van der Waals surface area (Å²) in [7, 11) is 0. The van der Waals surface area contributed by atoms with Gasteiger partial charge in [0.1, 0.15) is 11.5 Å². The molecule has 2 aliphatic rings. The first kappa shape index (κ1) is 17.7. The van der Waals surface area contributed by atoms with E-state index in [2.05, 4.69) is 5.10 Å². The number of nitrogens with zero attached hydrogens (tertiary/aromatic N) is 3. The van der Waals surface area contributed by atoms with Crippen LogP contribution < -0.4 is 0 Å². The maximum absolute atomic E-state index is 14.2. The van der Waals surface area contributed by atoms with Crippen LogP contribution in [0, 0.1) is 5.82 Å². The zero-order chi connectivity index (χ0) is 19.2. The average Bonchev–Trinajstić information content (AvgIpc) is 3.25. The lowest BCUT2D eigenvalue weighted by molar-refractivity contribution is -0.162. The zero-order valence-electron chi connectivity index (χ0n) is 14.7. The molecule has 1 fully saturated rings. The van der Waals surface area contributed by atoms with Crippen molar-refractivity contribution < 1.29 is 24.2 Å². The molecule has 0 spiro atoms. The maximum Gasteiger partial charge on any atom is 0.335 e. The number of aliphatic hydroxyl groups is 1. The Balaban J connectivity index is 1.64. The number of carboxylic acids is 1. The molecule has 8 heteroatoms. The number of aliphatic carboxylic acids is 1. The van der Waals surface area contributed by atoms with Gasteiger partial charge in [-0.15, -0.1) is 0 Å².